The summed E-state index contributed by atoms with van der Waals surface area (Å²) >= 11 is 12.8. The zero-order valence-corrected chi connectivity index (χ0v) is 15.9. The Morgan fingerprint density at radius 1 is 0.926 bits per heavy atom. The van der Waals surface area contributed by atoms with Gasteiger partial charge in [0.2, 0.25) is 6.23 Å². The zero-order valence-electron chi connectivity index (χ0n) is 14.3. The summed E-state index contributed by atoms with van der Waals surface area (Å²) in [6.07, 6.45) is 0.448. The highest BCUT2D eigenvalue weighted by molar-refractivity contribution is 6.35. The summed E-state index contributed by atoms with van der Waals surface area (Å²) in [5, 5.41) is 8.11. The van der Waals surface area contributed by atoms with E-state index in [1.54, 1.807) is 6.07 Å². The molecule has 2 aliphatic heterocycles. The maximum atomic E-state index is 6.48. The minimum absolute atomic E-state index is 0.0327. The van der Waals surface area contributed by atoms with E-state index in [4.69, 9.17) is 33.0 Å². The average molecular weight is 395 g/mol. The van der Waals surface area contributed by atoms with Gasteiger partial charge in [0.15, 0.2) is 0 Å². The molecule has 0 spiro atoms. The van der Waals surface area contributed by atoms with Crippen molar-refractivity contribution in [1.29, 1.82) is 0 Å². The van der Waals surface area contributed by atoms with Gasteiger partial charge < -0.3 is 4.74 Å². The van der Waals surface area contributed by atoms with E-state index in [1.807, 2.05) is 59.6 Å². The molecule has 0 amide bonds. The predicted octanol–water partition coefficient (Wildman–Crippen LogP) is 6.24. The third kappa shape index (κ3) is 2.88. The van der Waals surface area contributed by atoms with Crippen LogP contribution in [0.4, 0.5) is 0 Å². The van der Waals surface area contributed by atoms with Crippen LogP contribution in [-0.2, 0) is 0 Å². The van der Waals surface area contributed by atoms with Gasteiger partial charge >= 0.3 is 0 Å². The maximum Gasteiger partial charge on any atom is 0.213 e. The van der Waals surface area contributed by atoms with E-state index < -0.39 is 0 Å². The Morgan fingerprint density at radius 2 is 1.63 bits per heavy atom. The largest absolute Gasteiger partial charge is 0.463 e. The van der Waals surface area contributed by atoms with Crippen molar-refractivity contribution in [2.75, 3.05) is 0 Å². The fourth-order valence-electron chi connectivity index (χ4n) is 3.76. The monoisotopic (exact) mass is 394 g/mol. The summed E-state index contributed by atoms with van der Waals surface area (Å²) in [6, 6.07) is 24.0. The van der Waals surface area contributed by atoms with Crippen molar-refractivity contribution < 1.29 is 4.74 Å². The molecule has 0 fully saturated rings. The Hall–Kier alpha value is -2.49. The van der Waals surface area contributed by atoms with Gasteiger partial charge in [-0.05, 0) is 17.7 Å². The molecule has 2 atom stereocenters. The first-order chi connectivity index (χ1) is 13.2. The first-order valence-electron chi connectivity index (χ1n) is 8.82. The Bertz CT molecular complexity index is 1020. The quantitative estimate of drug-likeness (QED) is 0.513. The maximum absolute atomic E-state index is 6.48. The van der Waals surface area contributed by atoms with Crippen LogP contribution in [0.25, 0.3) is 0 Å². The summed E-state index contributed by atoms with van der Waals surface area (Å²) in [7, 11) is 0. The van der Waals surface area contributed by atoms with Crippen molar-refractivity contribution >= 4 is 28.9 Å². The summed E-state index contributed by atoms with van der Waals surface area (Å²) in [5.74, 6) is 0.695. The first-order valence-corrected chi connectivity index (χ1v) is 9.58. The highest BCUT2D eigenvalue weighted by atomic mass is 35.5. The molecule has 27 heavy (non-hydrogen) atoms. The zero-order chi connectivity index (χ0) is 18.4. The first kappa shape index (κ1) is 16.7. The van der Waals surface area contributed by atoms with Gasteiger partial charge in [-0.1, -0.05) is 83.9 Å². The molecule has 3 nitrogen and oxygen atoms in total. The standard InChI is InChI=1S/C22H16Cl2N2O/c23-16-11-17-20-13-19(14-7-3-1-4-8-14)25-26(20)22(15-9-5-2-6-10-15)27-21(17)18(24)12-16/h1-12,20,22H,13H2/t20-,22+/m0/s1. The van der Waals surface area contributed by atoms with E-state index in [0.717, 1.165) is 28.8 Å². The van der Waals surface area contributed by atoms with E-state index >= 15 is 0 Å². The van der Waals surface area contributed by atoms with E-state index in [-0.39, 0.29) is 12.3 Å². The molecule has 0 aromatic heterocycles. The second-order valence-corrected chi connectivity index (χ2v) is 7.54. The minimum Gasteiger partial charge on any atom is -0.463 e. The van der Waals surface area contributed by atoms with Crippen LogP contribution in [0.2, 0.25) is 10.0 Å². The summed E-state index contributed by atoms with van der Waals surface area (Å²) in [4.78, 5) is 0. The van der Waals surface area contributed by atoms with Crippen LogP contribution in [-0.4, -0.2) is 10.7 Å². The average Bonchev–Trinajstić information content (AvgIpc) is 3.15. The molecule has 3 aromatic rings. The van der Waals surface area contributed by atoms with Gasteiger partial charge in [0.25, 0.3) is 0 Å². The van der Waals surface area contributed by atoms with Gasteiger partial charge in [-0.3, -0.25) is 0 Å². The van der Waals surface area contributed by atoms with Crippen LogP contribution in [0.5, 0.6) is 5.75 Å². The molecule has 0 aliphatic carbocycles. The third-order valence-corrected chi connectivity index (χ3v) is 5.50. The van der Waals surface area contributed by atoms with Crippen molar-refractivity contribution in [2.45, 2.75) is 18.7 Å². The van der Waals surface area contributed by atoms with E-state index in [2.05, 4.69) is 12.1 Å². The van der Waals surface area contributed by atoms with Gasteiger partial charge in [0.05, 0.1) is 16.8 Å². The normalized spacial score (nSPS) is 20.5. The molecule has 5 rings (SSSR count). The molecule has 5 heteroatoms. The van der Waals surface area contributed by atoms with Crippen molar-refractivity contribution in [1.82, 2.24) is 5.01 Å². The fourth-order valence-corrected chi connectivity index (χ4v) is 4.31. The molecule has 0 unspecified atom stereocenters. The number of benzene rings is 3. The molecular formula is C22H16Cl2N2O. The lowest BCUT2D eigenvalue weighted by Crippen LogP contribution is -2.33. The summed E-state index contributed by atoms with van der Waals surface area (Å²) in [5.41, 5.74) is 4.18. The van der Waals surface area contributed by atoms with Crippen molar-refractivity contribution in [2.24, 2.45) is 5.10 Å². The number of rotatable bonds is 2. The summed E-state index contributed by atoms with van der Waals surface area (Å²) < 4.78 is 6.33. The number of hydrogen-bond donors (Lipinski definition) is 0. The number of ether oxygens (including phenoxy) is 1. The highest BCUT2D eigenvalue weighted by Gasteiger charge is 2.41. The third-order valence-electron chi connectivity index (χ3n) is 5.00. The van der Waals surface area contributed by atoms with Gasteiger partial charge in [-0.2, -0.15) is 5.10 Å². The molecule has 0 bridgehead atoms. The molecule has 3 aromatic carbocycles. The number of fused-ring (bicyclic) bond motifs is 3. The van der Waals surface area contributed by atoms with Gasteiger partial charge in [0, 0.05) is 22.6 Å². The van der Waals surface area contributed by atoms with Crippen LogP contribution in [0.1, 0.15) is 35.4 Å². The Morgan fingerprint density at radius 3 is 2.37 bits per heavy atom. The van der Waals surface area contributed by atoms with E-state index in [1.165, 1.54) is 0 Å². The predicted molar refractivity (Wildman–Crippen MR) is 108 cm³/mol. The van der Waals surface area contributed by atoms with Crippen LogP contribution < -0.4 is 4.74 Å². The second-order valence-electron chi connectivity index (χ2n) is 6.70. The molecule has 0 saturated carbocycles. The number of halogens is 2. The highest BCUT2D eigenvalue weighted by Crippen LogP contribution is 2.50. The molecule has 2 aliphatic rings. The number of nitrogens with zero attached hydrogens (tertiary/aromatic N) is 2. The van der Waals surface area contributed by atoms with Gasteiger partial charge in [0.1, 0.15) is 5.75 Å². The Labute approximate surface area is 167 Å². The van der Waals surface area contributed by atoms with Crippen LogP contribution in [0, 0.1) is 0 Å². The summed E-state index contributed by atoms with van der Waals surface area (Å²) in [6.45, 7) is 0. The SMILES string of the molecule is Clc1cc(Cl)c2c(c1)[C@@H]1CC(c3ccccc3)=NN1[C@@H](c1ccccc1)O2. The molecule has 134 valence electrons. The van der Waals surface area contributed by atoms with Crippen LogP contribution >= 0.6 is 23.2 Å². The van der Waals surface area contributed by atoms with E-state index in [9.17, 15) is 0 Å². The second kappa shape index (κ2) is 6.59. The van der Waals surface area contributed by atoms with Crippen molar-refractivity contribution in [3.05, 3.63) is 99.5 Å². The lowest BCUT2D eigenvalue weighted by Gasteiger charge is -2.38. The molecule has 0 radical (unpaired) electrons. The van der Waals surface area contributed by atoms with Crippen LogP contribution in [0.15, 0.2) is 77.9 Å². The topological polar surface area (TPSA) is 24.8 Å². The van der Waals surface area contributed by atoms with Gasteiger partial charge in [-0.15, -0.1) is 0 Å². The molecule has 2 heterocycles. The molecule has 0 saturated heterocycles. The minimum atomic E-state index is -0.330. The number of hydrazone groups is 1. The van der Waals surface area contributed by atoms with Crippen molar-refractivity contribution in [3.63, 3.8) is 0 Å². The van der Waals surface area contributed by atoms with Crippen LogP contribution in [0.3, 0.4) is 0 Å². The fraction of sp³-hybridized carbons (Fsp3) is 0.136. The van der Waals surface area contributed by atoms with E-state index in [0.29, 0.717) is 15.8 Å². The smallest absolute Gasteiger partial charge is 0.213 e. The lowest BCUT2D eigenvalue weighted by molar-refractivity contribution is -0.0189. The molecular weight excluding hydrogens is 379 g/mol. The Kier molecular flexibility index (Phi) is 4.07. The lowest BCUT2D eigenvalue weighted by atomic mass is 9.96. The Balaban J connectivity index is 1.64. The van der Waals surface area contributed by atoms with Crippen molar-refractivity contribution in [3.8, 4) is 5.75 Å². The van der Waals surface area contributed by atoms with Gasteiger partial charge in [-0.25, -0.2) is 5.01 Å². The number of hydrogen-bond acceptors (Lipinski definition) is 3. The molecule has 0 N–H and O–H groups in total.